The lowest BCUT2D eigenvalue weighted by atomic mass is 10.00. The van der Waals surface area contributed by atoms with E-state index in [9.17, 15) is 4.79 Å². The second kappa shape index (κ2) is 6.20. The fraction of sp³-hybridized carbons (Fsp3) is 0.611. The van der Waals surface area contributed by atoms with Crippen LogP contribution in [0.1, 0.15) is 63.0 Å². The second-order valence-corrected chi connectivity index (χ2v) is 7.73. The van der Waals surface area contributed by atoms with Gasteiger partial charge in [0.2, 0.25) is 0 Å². The number of nitrogens with two attached hydrogens (primary N) is 1. The zero-order valence-electron chi connectivity index (χ0n) is 15.7. The van der Waals surface area contributed by atoms with Crippen LogP contribution in [0.5, 0.6) is 0 Å². The van der Waals surface area contributed by atoms with Gasteiger partial charge in [-0.2, -0.15) is 9.61 Å². The summed E-state index contributed by atoms with van der Waals surface area (Å²) in [5.41, 5.74) is 9.03. The van der Waals surface area contributed by atoms with E-state index in [1.807, 2.05) is 40.7 Å². The number of likely N-dealkylation sites (tertiary alicyclic amines) is 1. The van der Waals surface area contributed by atoms with Gasteiger partial charge in [-0.1, -0.05) is 0 Å². The number of aryl methyl sites for hydroxylation is 1. The van der Waals surface area contributed by atoms with Gasteiger partial charge in [0.25, 0.3) is 0 Å². The van der Waals surface area contributed by atoms with Gasteiger partial charge >= 0.3 is 6.09 Å². The fourth-order valence-electron chi connectivity index (χ4n) is 3.19. The molecule has 0 unspecified atom stereocenters. The molecule has 0 aliphatic carbocycles. The number of nitrogens with zero attached hydrogens (tertiary/aromatic N) is 4. The molecule has 0 bridgehead atoms. The number of ether oxygens (including phenoxy) is 1. The van der Waals surface area contributed by atoms with Crippen molar-refractivity contribution < 1.29 is 9.53 Å². The average Bonchev–Trinajstić information content (AvgIpc) is 2.95. The van der Waals surface area contributed by atoms with Crippen molar-refractivity contribution in [3.05, 3.63) is 23.0 Å². The number of hydrogen-bond acceptors (Lipinski definition) is 5. The molecule has 1 aliphatic heterocycles. The molecule has 3 rings (SSSR count). The number of rotatable bonds is 1. The Hall–Kier alpha value is -2.31. The van der Waals surface area contributed by atoms with Gasteiger partial charge < -0.3 is 10.5 Å². The molecule has 7 nitrogen and oxygen atoms in total. The first kappa shape index (κ1) is 17.5. The van der Waals surface area contributed by atoms with E-state index >= 15 is 0 Å². The van der Waals surface area contributed by atoms with Crippen LogP contribution in [0.25, 0.3) is 5.65 Å². The van der Waals surface area contributed by atoms with Crippen molar-refractivity contribution in [3.8, 4) is 0 Å². The standard InChI is InChI=1S/C18H27N5O2/c1-11-12(2)20-15-10-13(21-23(15)16(11)19)14-8-6-7-9-22(14)17(24)25-18(3,4)5/h10,14H,6-9,19H2,1-5H3/t14-/m0/s1. The molecule has 1 amide bonds. The molecule has 0 aromatic carbocycles. The SMILES string of the molecule is Cc1nc2cc([C@@H]3CCCCN3C(=O)OC(C)(C)C)nn2c(N)c1C. The van der Waals surface area contributed by atoms with E-state index in [2.05, 4.69) is 10.1 Å². The van der Waals surface area contributed by atoms with E-state index in [0.717, 1.165) is 36.2 Å². The molecule has 25 heavy (non-hydrogen) atoms. The molecule has 0 saturated carbocycles. The van der Waals surface area contributed by atoms with E-state index in [0.29, 0.717) is 18.0 Å². The Morgan fingerprint density at radius 3 is 2.72 bits per heavy atom. The zero-order valence-corrected chi connectivity index (χ0v) is 15.7. The minimum Gasteiger partial charge on any atom is -0.444 e. The first-order chi connectivity index (χ1) is 11.7. The lowest BCUT2D eigenvalue weighted by molar-refractivity contribution is 0.00898. The van der Waals surface area contributed by atoms with Gasteiger partial charge in [0, 0.05) is 23.9 Å². The summed E-state index contributed by atoms with van der Waals surface area (Å²) in [5, 5.41) is 4.65. The maximum Gasteiger partial charge on any atom is 0.410 e. The quantitative estimate of drug-likeness (QED) is 0.856. The molecule has 1 aliphatic rings. The highest BCUT2D eigenvalue weighted by Crippen LogP contribution is 2.32. The highest BCUT2D eigenvalue weighted by molar-refractivity contribution is 5.69. The molecule has 136 valence electrons. The van der Waals surface area contributed by atoms with Gasteiger partial charge in [-0.05, 0) is 53.9 Å². The molecular weight excluding hydrogens is 318 g/mol. The first-order valence-electron chi connectivity index (χ1n) is 8.79. The number of anilines is 1. The molecule has 0 radical (unpaired) electrons. The van der Waals surface area contributed by atoms with Crippen LogP contribution in [-0.4, -0.2) is 37.7 Å². The van der Waals surface area contributed by atoms with E-state index in [4.69, 9.17) is 10.5 Å². The number of amides is 1. The van der Waals surface area contributed by atoms with E-state index in [-0.39, 0.29) is 12.1 Å². The van der Waals surface area contributed by atoms with Crippen LogP contribution >= 0.6 is 0 Å². The number of fused-ring (bicyclic) bond motifs is 1. The third-order valence-corrected chi connectivity index (χ3v) is 4.62. The van der Waals surface area contributed by atoms with Crippen LogP contribution in [0, 0.1) is 13.8 Å². The number of hydrogen-bond donors (Lipinski definition) is 1. The summed E-state index contributed by atoms with van der Waals surface area (Å²) in [6.45, 7) is 10.2. The van der Waals surface area contributed by atoms with Crippen molar-refractivity contribution >= 4 is 17.6 Å². The lowest BCUT2D eigenvalue weighted by Crippen LogP contribution is -2.42. The number of nitrogen functional groups attached to an aromatic ring is 1. The highest BCUT2D eigenvalue weighted by atomic mass is 16.6. The molecular formula is C18H27N5O2. The van der Waals surface area contributed by atoms with Crippen LogP contribution in [0.3, 0.4) is 0 Å². The third-order valence-electron chi connectivity index (χ3n) is 4.62. The number of piperidine rings is 1. The van der Waals surface area contributed by atoms with Crippen LogP contribution in [-0.2, 0) is 4.74 Å². The summed E-state index contributed by atoms with van der Waals surface area (Å²) in [7, 11) is 0. The normalized spacial score (nSPS) is 18.6. The summed E-state index contributed by atoms with van der Waals surface area (Å²) in [6, 6.07) is 1.82. The molecule has 1 atom stereocenters. The maximum absolute atomic E-state index is 12.6. The summed E-state index contributed by atoms with van der Waals surface area (Å²) in [6.07, 6.45) is 2.60. The summed E-state index contributed by atoms with van der Waals surface area (Å²) in [4.78, 5) is 19.0. The summed E-state index contributed by atoms with van der Waals surface area (Å²) < 4.78 is 7.24. The Bertz CT molecular complexity index is 806. The Labute approximate surface area is 148 Å². The Balaban J connectivity index is 1.96. The maximum atomic E-state index is 12.6. The summed E-state index contributed by atoms with van der Waals surface area (Å²) in [5.74, 6) is 0.591. The first-order valence-corrected chi connectivity index (χ1v) is 8.79. The van der Waals surface area contributed by atoms with E-state index in [1.165, 1.54) is 0 Å². The topological polar surface area (TPSA) is 85.8 Å². The molecule has 7 heteroatoms. The van der Waals surface area contributed by atoms with Crippen LogP contribution in [0.2, 0.25) is 0 Å². The van der Waals surface area contributed by atoms with Crippen LogP contribution in [0.15, 0.2) is 6.07 Å². The monoisotopic (exact) mass is 345 g/mol. The predicted octanol–water partition coefficient (Wildman–Crippen LogP) is 3.39. The van der Waals surface area contributed by atoms with Gasteiger partial charge in [-0.15, -0.1) is 0 Å². The number of carbonyl (C=O) groups excluding carboxylic acids is 1. The molecule has 1 fully saturated rings. The van der Waals surface area contributed by atoms with E-state index < -0.39 is 5.60 Å². The molecule has 1 saturated heterocycles. The Morgan fingerprint density at radius 2 is 2.04 bits per heavy atom. The fourth-order valence-corrected chi connectivity index (χ4v) is 3.19. The van der Waals surface area contributed by atoms with Gasteiger partial charge in [-0.25, -0.2) is 9.78 Å². The molecule has 2 N–H and O–H groups in total. The van der Waals surface area contributed by atoms with E-state index in [1.54, 1.807) is 9.42 Å². The number of aromatic nitrogens is 3. The van der Waals surface area contributed by atoms with Crippen LogP contribution in [0.4, 0.5) is 10.6 Å². The molecule has 0 spiro atoms. The van der Waals surface area contributed by atoms with Gasteiger partial charge in [0.05, 0.1) is 11.7 Å². The predicted molar refractivity (Wildman–Crippen MR) is 96.4 cm³/mol. The van der Waals surface area contributed by atoms with Crippen molar-refractivity contribution in [2.24, 2.45) is 0 Å². The van der Waals surface area contributed by atoms with Gasteiger partial charge in [-0.3, -0.25) is 4.90 Å². The van der Waals surface area contributed by atoms with Gasteiger partial charge in [0.15, 0.2) is 5.65 Å². The minimum atomic E-state index is -0.516. The minimum absolute atomic E-state index is 0.106. The van der Waals surface area contributed by atoms with Crippen LogP contribution < -0.4 is 5.73 Å². The highest BCUT2D eigenvalue weighted by Gasteiger charge is 2.33. The van der Waals surface area contributed by atoms with Crippen molar-refractivity contribution in [2.75, 3.05) is 12.3 Å². The van der Waals surface area contributed by atoms with Gasteiger partial charge in [0.1, 0.15) is 11.4 Å². The Morgan fingerprint density at radius 1 is 1.32 bits per heavy atom. The number of carbonyl (C=O) groups is 1. The molecule has 2 aromatic rings. The molecule has 2 aromatic heterocycles. The molecule has 3 heterocycles. The Kier molecular flexibility index (Phi) is 4.34. The van der Waals surface area contributed by atoms with Crippen molar-refractivity contribution in [2.45, 2.75) is 65.5 Å². The zero-order chi connectivity index (χ0) is 18.4. The lowest BCUT2D eigenvalue weighted by Gasteiger charge is -2.35. The van der Waals surface area contributed by atoms with Crippen molar-refractivity contribution in [3.63, 3.8) is 0 Å². The van der Waals surface area contributed by atoms with Crippen molar-refractivity contribution in [1.29, 1.82) is 0 Å². The van der Waals surface area contributed by atoms with Crippen molar-refractivity contribution in [1.82, 2.24) is 19.5 Å². The smallest absolute Gasteiger partial charge is 0.410 e. The largest absolute Gasteiger partial charge is 0.444 e. The average molecular weight is 345 g/mol. The third kappa shape index (κ3) is 3.41. The summed E-state index contributed by atoms with van der Waals surface area (Å²) >= 11 is 0. The second-order valence-electron chi connectivity index (χ2n) is 7.73.